The molecular weight excluding hydrogens is 354 g/mol. The van der Waals surface area contributed by atoms with Crippen LogP contribution in [-0.4, -0.2) is 54.4 Å². The third-order valence-corrected chi connectivity index (χ3v) is 6.48. The molecule has 0 radical (unpaired) electrons. The van der Waals surface area contributed by atoms with E-state index in [2.05, 4.69) is 27.8 Å². The molecule has 0 bridgehead atoms. The Morgan fingerprint density at radius 3 is 2.72 bits per heavy atom. The highest BCUT2D eigenvalue weighted by Crippen LogP contribution is 2.36. The Bertz CT molecular complexity index is 722. The highest BCUT2D eigenvalue weighted by molar-refractivity contribution is 7.12. The van der Waals surface area contributed by atoms with Gasteiger partial charge in [-0.15, -0.1) is 22.7 Å². The van der Waals surface area contributed by atoms with Crippen molar-refractivity contribution in [1.29, 1.82) is 0 Å². The number of hydrogen-bond acceptors (Lipinski definition) is 6. The fourth-order valence-electron chi connectivity index (χ4n) is 3.23. The highest BCUT2D eigenvalue weighted by Gasteiger charge is 2.33. The van der Waals surface area contributed by atoms with Crippen LogP contribution < -0.4 is 0 Å². The molecule has 1 amide bonds. The summed E-state index contributed by atoms with van der Waals surface area (Å²) in [4.78, 5) is 17.5. The summed E-state index contributed by atoms with van der Waals surface area (Å²) in [5, 5.41) is 10.6. The van der Waals surface area contributed by atoms with Gasteiger partial charge in [0.2, 0.25) is 5.91 Å². The Balaban J connectivity index is 1.48. The number of hydrogen-bond donors (Lipinski definition) is 0. The number of nitrogens with zero attached hydrogens (tertiary/aromatic N) is 3. The minimum Gasteiger partial charge on any atom is -0.379 e. The fourth-order valence-corrected chi connectivity index (χ4v) is 4.76. The van der Waals surface area contributed by atoms with Crippen LogP contribution >= 0.6 is 22.7 Å². The van der Waals surface area contributed by atoms with Gasteiger partial charge in [0.05, 0.1) is 29.8 Å². The zero-order valence-electron chi connectivity index (χ0n) is 14.0. The average Bonchev–Trinajstić information content (AvgIpc) is 3.40. The van der Waals surface area contributed by atoms with Crippen LogP contribution in [0, 0.1) is 0 Å². The van der Waals surface area contributed by atoms with Crippen molar-refractivity contribution in [3.8, 4) is 0 Å². The summed E-state index contributed by atoms with van der Waals surface area (Å²) in [6.45, 7) is 4.11. The third-order valence-electron chi connectivity index (χ3n) is 4.59. The van der Waals surface area contributed by atoms with Crippen LogP contribution in [0.15, 0.2) is 40.1 Å². The van der Waals surface area contributed by atoms with Crippen molar-refractivity contribution in [2.24, 2.45) is 5.10 Å². The molecule has 0 N–H and O–H groups in total. The van der Waals surface area contributed by atoms with Crippen molar-refractivity contribution in [2.75, 3.05) is 32.8 Å². The fraction of sp³-hybridized carbons (Fsp3) is 0.444. The lowest BCUT2D eigenvalue weighted by atomic mass is 10.1. The molecule has 7 heteroatoms. The van der Waals surface area contributed by atoms with E-state index in [9.17, 15) is 4.79 Å². The molecular formula is C18H21N3O2S2. The maximum absolute atomic E-state index is 12.9. The van der Waals surface area contributed by atoms with Gasteiger partial charge in [-0.3, -0.25) is 9.69 Å². The van der Waals surface area contributed by atoms with Gasteiger partial charge >= 0.3 is 0 Å². The Morgan fingerprint density at radius 2 is 2.00 bits per heavy atom. The first kappa shape index (κ1) is 16.9. The minimum absolute atomic E-state index is 0.0364. The molecule has 2 aromatic rings. The summed E-state index contributed by atoms with van der Waals surface area (Å²) in [5.41, 5.74) is 1.02. The van der Waals surface area contributed by atoms with E-state index in [4.69, 9.17) is 9.84 Å². The lowest BCUT2D eigenvalue weighted by Crippen LogP contribution is -2.39. The van der Waals surface area contributed by atoms with E-state index in [1.807, 2.05) is 12.1 Å². The van der Waals surface area contributed by atoms with Crippen LogP contribution in [0.2, 0.25) is 0 Å². The number of carbonyl (C=O) groups is 1. The van der Waals surface area contributed by atoms with Gasteiger partial charge in [0.25, 0.3) is 0 Å². The second-order valence-corrected chi connectivity index (χ2v) is 8.13. The molecule has 0 aliphatic carbocycles. The van der Waals surface area contributed by atoms with Gasteiger partial charge in [0.15, 0.2) is 0 Å². The van der Waals surface area contributed by atoms with Crippen LogP contribution in [0.1, 0.15) is 28.6 Å². The van der Waals surface area contributed by atoms with Crippen molar-refractivity contribution in [1.82, 2.24) is 9.91 Å². The molecule has 4 rings (SSSR count). The standard InChI is InChI=1S/C18H21N3O2S2/c22-18(5-6-20-7-9-23-10-8-20)21-15(17-4-2-12-25-17)13-14(19-21)16-3-1-11-24-16/h1-4,11-12,15H,5-10,13H2. The molecule has 1 saturated heterocycles. The van der Waals surface area contributed by atoms with Gasteiger partial charge in [-0.05, 0) is 22.9 Å². The van der Waals surface area contributed by atoms with E-state index in [-0.39, 0.29) is 11.9 Å². The van der Waals surface area contributed by atoms with Gasteiger partial charge in [-0.1, -0.05) is 12.1 Å². The zero-order valence-corrected chi connectivity index (χ0v) is 15.6. The van der Waals surface area contributed by atoms with Crippen LogP contribution in [0.25, 0.3) is 0 Å². The quantitative estimate of drug-likeness (QED) is 0.806. The number of thiophene rings is 2. The smallest absolute Gasteiger partial charge is 0.244 e. The molecule has 2 aliphatic rings. The summed E-state index contributed by atoms with van der Waals surface area (Å²) >= 11 is 3.38. The van der Waals surface area contributed by atoms with E-state index in [1.165, 1.54) is 4.88 Å². The number of rotatable bonds is 5. The van der Waals surface area contributed by atoms with Gasteiger partial charge in [-0.25, -0.2) is 5.01 Å². The largest absolute Gasteiger partial charge is 0.379 e. The van der Waals surface area contributed by atoms with Crippen LogP contribution in [-0.2, 0) is 9.53 Å². The van der Waals surface area contributed by atoms with Crippen molar-refractivity contribution in [3.05, 3.63) is 44.8 Å². The molecule has 4 heterocycles. The molecule has 2 aliphatic heterocycles. The minimum atomic E-state index is 0.0364. The van der Waals surface area contributed by atoms with Crippen molar-refractivity contribution in [2.45, 2.75) is 18.9 Å². The van der Waals surface area contributed by atoms with Crippen LogP contribution in [0.5, 0.6) is 0 Å². The van der Waals surface area contributed by atoms with Gasteiger partial charge in [-0.2, -0.15) is 5.10 Å². The summed E-state index contributed by atoms with van der Waals surface area (Å²) in [6.07, 6.45) is 1.30. The van der Waals surface area contributed by atoms with E-state index in [1.54, 1.807) is 27.7 Å². The SMILES string of the molecule is O=C(CCN1CCOCC1)N1N=C(c2cccs2)CC1c1cccs1. The molecule has 25 heavy (non-hydrogen) atoms. The summed E-state index contributed by atoms with van der Waals surface area (Å²) < 4.78 is 5.37. The third kappa shape index (κ3) is 3.84. The molecule has 0 spiro atoms. The molecule has 1 atom stereocenters. The summed E-state index contributed by atoms with van der Waals surface area (Å²) in [7, 11) is 0. The Morgan fingerprint density at radius 1 is 1.20 bits per heavy atom. The number of ether oxygens (including phenoxy) is 1. The Kier molecular flexibility index (Phi) is 5.26. The lowest BCUT2D eigenvalue weighted by Gasteiger charge is -2.27. The molecule has 5 nitrogen and oxygen atoms in total. The summed E-state index contributed by atoms with van der Waals surface area (Å²) in [5.74, 6) is 0.108. The maximum Gasteiger partial charge on any atom is 0.244 e. The van der Waals surface area contributed by atoms with Gasteiger partial charge in [0.1, 0.15) is 0 Å². The highest BCUT2D eigenvalue weighted by atomic mass is 32.1. The molecule has 0 saturated carbocycles. The van der Waals surface area contributed by atoms with E-state index < -0.39 is 0 Å². The number of carbonyl (C=O) groups excluding carboxylic acids is 1. The predicted octanol–water partition coefficient (Wildman–Crippen LogP) is 3.21. The van der Waals surface area contributed by atoms with Gasteiger partial charge in [0, 0.05) is 37.4 Å². The average molecular weight is 376 g/mol. The van der Waals surface area contributed by atoms with E-state index in [0.29, 0.717) is 6.42 Å². The molecule has 2 aromatic heterocycles. The normalized spacial score (nSPS) is 21.5. The number of hydrazone groups is 1. The van der Waals surface area contributed by atoms with Crippen molar-refractivity contribution in [3.63, 3.8) is 0 Å². The van der Waals surface area contributed by atoms with Crippen molar-refractivity contribution < 1.29 is 9.53 Å². The van der Waals surface area contributed by atoms with E-state index >= 15 is 0 Å². The lowest BCUT2D eigenvalue weighted by molar-refractivity contribution is -0.133. The topological polar surface area (TPSA) is 45.1 Å². The van der Waals surface area contributed by atoms with Crippen molar-refractivity contribution >= 4 is 34.3 Å². The first-order valence-electron chi connectivity index (χ1n) is 8.58. The number of amides is 1. The zero-order chi connectivity index (χ0) is 17.1. The molecule has 1 unspecified atom stereocenters. The predicted molar refractivity (Wildman–Crippen MR) is 101 cm³/mol. The molecule has 132 valence electrons. The van der Waals surface area contributed by atoms with Gasteiger partial charge < -0.3 is 4.74 Å². The summed E-state index contributed by atoms with van der Waals surface area (Å²) in [6, 6.07) is 8.29. The second-order valence-electron chi connectivity index (χ2n) is 6.20. The van der Waals surface area contributed by atoms with Crippen LogP contribution in [0.3, 0.4) is 0 Å². The Labute approximate surface area is 155 Å². The van der Waals surface area contributed by atoms with E-state index in [0.717, 1.165) is 49.9 Å². The maximum atomic E-state index is 12.9. The molecule has 0 aromatic carbocycles. The number of morpholine rings is 1. The first-order chi connectivity index (χ1) is 12.3. The van der Waals surface area contributed by atoms with Crippen LogP contribution in [0.4, 0.5) is 0 Å². The molecule has 1 fully saturated rings. The Hall–Kier alpha value is -1.54. The first-order valence-corrected chi connectivity index (χ1v) is 10.3. The monoisotopic (exact) mass is 375 g/mol. The second kappa shape index (κ2) is 7.78.